The van der Waals surface area contributed by atoms with Gasteiger partial charge in [0.15, 0.2) is 0 Å². The summed E-state index contributed by atoms with van der Waals surface area (Å²) in [6, 6.07) is 25.8. The summed E-state index contributed by atoms with van der Waals surface area (Å²) in [5.74, 6) is 0.774. The molecule has 0 fully saturated rings. The summed E-state index contributed by atoms with van der Waals surface area (Å²) in [7, 11) is 0. The van der Waals surface area contributed by atoms with Crippen molar-refractivity contribution in [2.45, 2.75) is 17.6 Å². The fraction of sp³-hybridized carbons (Fsp3) is 0.0952. The van der Waals surface area contributed by atoms with Gasteiger partial charge in [-0.3, -0.25) is 4.79 Å². The first-order chi connectivity index (χ1) is 11.7. The third-order valence-electron chi connectivity index (χ3n) is 3.76. The first-order valence-corrected chi connectivity index (χ1v) is 8.85. The highest BCUT2D eigenvalue weighted by Gasteiger charge is 2.12. The molecule has 0 unspecified atom stereocenters. The molecule has 2 nitrogen and oxygen atoms in total. The van der Waals surface area contributed by atoms with Crippen molar-refractivity contribution in [2.75, 3.05) is 5.32 Å². The highest BCUT2D eigenvalue weighted by molar-refractivity contribution is 7.98. The van der Waals surface area contributed by atoms with Crippen LogP contribution in [0.15, 0.2) is 83.8 Å². The van der Waals surface area contributed by atoms with Gasteiger partial charge in [0.1, 0.15) is 0 Å². The van der Waals surface area contributed by atoms with Crippen LogP contribution in [0, 0.1) is 6.92 Å². The summed E-state index contributed by atoms with van der Waals surface area (Å²) in [5.41, 5.74) is 3.86. The molecule has 120 valence electrons. The lowest BCUT2D eigenvalue weighted by molar-refractivity contribution is 0.102. The lowest BCUT2D eigenvalue weighted by Crippen LogP contribution is -2.13. The second-order valence-electron chi connectivity index (χ2n) is 5.54. The Morgan fingerprint density at radius 1 is 0.875 bits per heavy atom. The lowest BCUT2D eigenvalue weighted by Gasteiger charge is -2.11. The van der Waals surface area contributed by atoms with Crippen LogP contribution in [0.1, 0.15) is 21.5 Å². The Balaban J connectivity index is 1.76. The third kappa shape index (κ3) is 4.06. The number of rotatable bonds is 5. The predicted molar refractivity (Wildman–Crippen MR) is 102 cm³/mol. The van der Waals surface area contributed by atoms with Crippen molar-refractivity contribution in [1.29, 1.82) is 0 Å². The molecule has 24 heavy (non-hydrogen) atoms. The zero-order valence-corrected chi connectivity index (χ0v) is 14.3. The number of thioether (sulfide) groups is 1. The molecule has 3 rings (SSSR count). The quantitative estimate of drug-likeness (QED) is 0.621. The van der Waals surface area contributed by atoms with Crippen molar-refractivity contribution in [3.8, 4) is 0 Å². The summed E-state index contributed by atoms with van der Waals surface area (Å²) in [6.07, 6.45) is 0. The van der Waals surface area contributed by atoms with E-state index in [-0.39, 0.29) is 5.91 Å². The fourth-order valence-electron chi connectivity index (χ4n) is 2.42. The van der Waals surface area contributed by atoms with E-state index in [4.69, 9.17) is 0 Å². The minimum Gasteiger partial charge on any atom is -0.322 e. The summed E-state index contributed by atoms with van der Waals surface area (Å²) in [4.78, 5) is 13.7. The van der Waals surface area contributed by atoms with Crippen LogP contribution in [0.4, 0.5) is 5.69 Å². The molecule has 3 aromatic rings. The van der Waals surface area contributed by atoms with Gasteiger partial charge in [-0.1, -0.05) is 60.7 Å². The first kappa shape index (κ1) is 16.3. The molecule has 1 amide bonds. The SMILES string of the molecule is Cc1ccccc1NC(=O)c1ccccc1SCc1ccccc1. The maximum absolute atomic E-state index is 12.7. The van der Waals surface area contributed by atoms with Gasteiger partial charge in [0.2, 0.25) is 0 Å². The number of amides is 1. The Hall–Kier alpha value is -2.52. The maximum Gasteiger partial charge on any atom is 0.256 e. The number of carbonyl (C=O) groups is 1. The Kier molecular flexibility index (Phi) is 5.34. The molecule has 0 aromatic heterocycles. The number of para-hydroxylation sites is 1. The van der Waals surface area contributed by atoms with Crippen molar-refractivity contribution >= 4 is 23.4 Å². The molecule has 0 aliphatic heterocycles. The second kappa shape index (κ2) is 7.84. The van der Waals surface area contributed by atoms with E-state index in [9.17, 15) is 4.79 Å². The minimum atomic E-state index is -0.0690. The largest absolute Gasteiger partial charge is 0.322 e. The van der Waals surface area contributed by atoms with Gasteiger partial charge in [0.25, 0.3) is 5.91 Å². The van der Waals surface area contributed by atoms with Crippen LogP contribution >= 0.6 is 11.8 Å². The van der Waals surface area contributed by atoms with E-state index in [1.807, 2.05) is 73.7 Å². The van der Waals surface area contributed by atoms with Gasteiger partial charge in [0.05, 0.1) is 5.56 Å². The molecule has 3 aromatic carbocycles. The number of benzene rings is 3. The standard InChI is InChI=1S/C21H19NOS/c1-16-9-5-7-13-19(16)22-21(23)18-12-6-8-14-20(18)24-15-17-10-3-2-4-11-17/h2-14H,15H2,1H3,(H,22,23). The topological polar surface area (TPSA) is 29.1 Å². The molecule has 0 heterocycles. The van der Waals surface area contributed by atoms with Crippen molar-refractivity contribution < 1.29 is 4.79 Å². The van der Waals surface area contributed by atoms with Crippen LogP contribution in [0.3, 0.4) is 0 Å². The van der Waals surface area contributed by atoms with Gasteiger partial charge in [0, 0.05) is 16.3 Å². The smallest absolute Gasteiger partial charge is 0.256 e. The van der Waals surface area contributed by atoms with E-state index >= 15 is 0 Å². The molecular formula is C21H19NOS. The summed E-state index contributed by atoms with van der Waals surface area (Å²) >= 11 is 1.68. The third-order valence-corrected chi connectivity index (χ3v) is 4.91. The van der Waals surface area contributed by atoms with E-state index < -0.39 is 0 Å². The molecule has 0 aliphatic carbocycles. The summed E-state index contributed by atoms with van der Waals surface area (Å²) in [5, 5.41) is 3.01. The van der Waals surface area contributed by atoms with Crippen molar-refractivity contribution in [2.24, 2.45) is 0 Å². The van der Waals surface area contributed by atoms with Gasteiger partial charge in [-0.05, 0) is 36.2 Å². The highest BCUT2D eigenvalue weighted by atomic mass is 32.2. The number of carbonyl (C=O) groups excluding carboxylic acids is 1. The van der Waals surface area contributed by atoms with Gasteiger partial charge < -0.3 is 5.32 Å². The lowest BCUT2D eigenvalue weighted by atomic mass is 10.1. The summed E-state index contributed by atoms with van der Waals surface area (Å²) in [6.45, 7) is 1.99. The monoisotopic (exact) mass is 333 g/mol. The Labute approximate surface area is 146 Å². The van der Waals surface area contributed by atoms with Gasteiger partial charge in [-0.2, -0.15) is 0 Å². The van der Waals surface area contributed by atoms with E-state index in [1.165, 1.54) is 5.56 Å². The number of anilines is 1. The van der Waals surface area contributed by atoms with E-state index in [1.54, 1.807) is 11.8 Å². The molecule has 0 aliphatic rings. The number of hydrogen-bond donors (Lipinski definition) is 1. The van der Waals surface area contributed by atoms with Crippen LogP contribution in [0.25, 0.3) is 0 Å². The van der Waals surface area contributed by atoms with Gasteiger partial charge >= 0.3 is 0 Å². The number of aryl methyl sites for hydroxylation is 1. The highest BCUT2D eigenvalue weighted by Crippen LogP contribution is 2.27. The van der Waals surface area contributed by atoms with Crippen LogP contribution in [0.2, 0.25) is 0 Å². The van der Waals surface area contributed by atoms with E-state index in [2.05, 4.69) is 17.4 Å². The maximum atomic E-state index is 12.7. The molecule has 3 heteroatoms. The minimum absolute atomic E-state index is 0.0690. The van der Waals surface area contributed by atoms with Crippen LogP contribution in [-0.2, 0) is 5.75 Å². The van der Waals surface area contributed by atoms with E-state index in [0.29, 0.717) is 5.56 Å². The van der Waals surface area contributed by atoms with Crippen molar-refractivity contribution in [3.05, 3.63) is 95.6 Å². The molecular weight excluding hydrogens is 314 g/mol. The van der Waals surface area contributed by atoms with E-state index in [0.717, 1.165) is 21.9 Å². The first-order valence-electron chi connectivity index (χ1n) is 7.87. The Morgan fingerprint density at radius 2 is 1.54 bits per heavy atom. The zero-order valence-electron chi connectivity index (χ0n) is 13.5. The fourth-order valence-corrected chi connectivity index (χ4v) is 3.42. The molecule has 0 atom stereocenters. The van der Waals surface area contributed by atoms with Crippen LogP contribution < -0.4 is 5.32 Å². The van der Waals surface area contributed by atoms with Crippen LogP contribution in [0.5, 0.6) is 0 Å². The van der Waals surface area contributed by atoms with Crippen LogP contribution in [-0.4, -0.2) is 5.91 Å². The molecule has 0 spiro atoms. The average Bonchev–Trinajstić information content (AvgIpc) is 2.63. The predicted octanol–water partition coefficient (Wildman–Crippen LogP) is 5.54. The summed E-state index contributed by atoms with van der Waals surface area (Å²) < 4.78 is 0. The number of nitrogens with one attached hydrogen (secondary N) is 1. The normalized spacial score (nSPS) is 10.4. The van der Waals surface area contributed by atoms with Gasteiger partial charge in [-0.25, -0.2) is 0 Å². The molecule has 0 bridgehead atoms. The van der Waals surface area contributed by atoms with Crippen molar-refractivity contribution in [1.82, 2.24) is 0 Å². The Bertz CT molecular complexity index is 830. The molecule has 1 N–H and O–H groups in total. The number of hydrogen-bond acceptors (Lipinski definition) is 2. The second-order valence-corrected chi connectivity index (χ2v) is 6.56. The van der Waals surface area contributed by atoms with Gasteiger partial charge in [-0.15, -0.1) is 11.8 Å². The Morgan fingerprint density at radius 3 is 2.33 bits per heavy atom. The molecule has 0 saturated heterocycles. The average molecular weight is 333 g/mol. The zero-order chi connectivity index (χ0) is 16.8. The molecule has 0 saturated carbocycles. The van der Waals surface area contributed by atoms with Crippen molar-refractivity contribution in [3.63, 3.8) is 0 Å². The molecule has 0 radical (unpaired) electrons.